The Balaban J connectivity index is 1.28. The van der Waals surface area contributed by atoms with Crippen molar-refractivity contribution >= 4 is 11.8 Å². The van der Waals surface area contributed by atoms with Crippen LogP contribution < -0.4 is 5.32 Å². The van der Waals surface area contributed by atoms with Gasteiger partial charge in [0.25, 0.3) is 0 Å². The molecule has 1 aromatic carbocycles. The Labute approximate surface area is 183 Å². The van der Waals surface area contributed by atoms with Gasteiger partial charge in [-0.3, -0.25) is 9.59 Å². The quantitative estimate of drug-likeness (QED) is 0.741. The highest BCUT2D eigenvalue weighted by molar-refractivity contribution is 5.89. The van der Waals surface area contributed by atoms with Crippen LogP contribution in [-0.2, 0) is 27.4 Å². The number of aromatic nitrogens is 2. The predicted molar refractivity (Wildman–Crippen MR) is 117 cm³/mol. The number of aryl methyl sites for hydroxylation is 2. The molecule has 1 atom stereocenters. The van der Waals surface area contributed by atoms with E-state index in [1.54, 1.807) is 4.90 Å². The first-order valence-corrected chi connectivity index (χ1v) is 11.2. The lowest BCUT2D eigenvalue weighted by atomic mass is 9.99. The fourth-order valence-corrected chi connectivity index (χ4v) is 4.50. The Bertz CT molecular complexity index is 915. The summed E-state index contributed by atoms with van der Waals surface area (Å²) in [5.74, 6) is 1.24. The first-order chi connectivity index (χ1) is 15.0. The van der Waals surface area contributed by atoms with Crippen LogP contribution in [-0.4, -0.2) is 52.6 Å². The first-order valence-electron chi connectivity index (χ1n) is 11.2. The molecule has 0 spiro atoms. The van der Waals surface area contributed by atoms with Gasteiger partial charge in [0.1, 0.15) is 5.82 Å². The molecule has 7 nitrogen and oxygen atoms in total. The summed E-state index contributed by atoms with van der Waals surface area (Å²) in [4.78, 5) is 31.5. The van der Waals surface area contributed by atoms with Gasteiger partial charge in [0, 0.05) is 63.6 Å². The average molecular weight is 425 g/mol. The van der Waals surface area contributed by atoms with E-state index in [0.717, 1.165) is 43.1 Å². The largest absolute Gasteiger partial charge is 0.381 e. The second-order valence-corrected chi connectivity index (χ2v) is 8.75. The molecule has 3 heterocycles. The minimum atomic E-state index is -0.281. The van der Waals surface area contributed by atoms with Crippen LogP contribution in [0.5, 0.6) is 0 Å². The number of likely N-dealkylation sites (tertiary alicyclic amines) is 1. The van der Waals surface area contributed by atoms with Crippen molar-refractivity contribution in [3.05, 3.63) is 53.1 Å². The molecule has 2 aliphatic heterocycles. The molecule has 1 unspecified atom stereocenters. The van der Waals surface area contributed by atoms with Crippen LogP contribution >= 0.6 is 0 Å². The maximum atomic E-state index is 12.7. The summed E-state index contributed by atoms with van der Waals surface area (Å²) < 4.78 is 7.68. The lowest BCUT2D eigenvalue weighted by molar-refractivity contribution is -0.129. The lowest BCUT2D eigenvalue weighted by Gasteiger charge is -2.23. The van der Waals surface area contributed by atoms with E-state index in [1.165, 1.54) is 5.56 Å². The first kappa shape index (κ1) is 21.6. The molecule has 2 aromatic rings. The van der Waals surface area contributed by atoms with E-state index in [2.05, 4.69) is 21.8 Å². The van der Waals surface area contributed by atoms with Crippen LogP contribution in [0.2, 0.25) is 0 Å². The lowest BCUT2D eigenvalue weighted by Crippen LogP contribution is -2.35. The molecule has 166 valence electrons. The van der Waals surface area contributed by atoms with E-state index >= 15 is 0 Å². The van der Waals surface area contributed by atoms with Gasteiger partial charge in [-0.1, -0.05) is 29.8 Å². The normalized spacial score (nSPS) is 19.7. The molecule has 1 aromatic heterocycles. The number of hydrogen-bond donors (Lipinski definition) is 1. The highest BCUT2D eigenvalue weighted by Crippen LogP contribution is 2.26. The summed E-state index contributed by atoms with van der Waals surface area (Å²) in [6, 6.07) is 8.18. The van der Waals surface area contributed by atoms with Crippen molar-refractivity contribution in [1.82, 2.24) is 19.8 Å². The van der Waals surface area contributed by atoms with E-state index in [-0.39, 0.29) is 24.2 Å². The van der Waals surface area contributed by atoms with Crippen LogP contribution in [0, 0.1) is 19.8 Å². The Morgan fingerprint density at radius 2 is 1.94 bits per heavy atom. The number of imidazole rings is 1. The third-order valence-electron chi connectivity index (χ3n) is 6.39. The SMILES string of the molecule is Cc1ccc(CN2CC(C(=O)NCCn3c(C)cnc3C3CCOCC3)CC2=O)cc1. The second kappa shape index (κ2) is 9.64. The highest BCUT2D eigenvalue weighted by Gasteiger charge is 2.34. The topological polar surface area (TPSA) is 76.5 Å². The van der Waals surface area contributed by atoms with Crippen molar-refractivity contribution < 1.29 is 14.3 Å². The van der Waals surface area contributed by atoms with Crippen molar-refractivity contribution in [2.45, 2.75) is 52.1 Å². The molecule has 31 heavy (non-hydrogen) atoms. The van der Waals surface area contributed by atoms with Gasteiger partial charge in [0.15, 0.2) is 0 Å². The molecular formula is C24H32N4O3. The molecule has 0 aliphatic carbocycles. The molecule has 2 amide bonds. The summed E-state index contributed by atoms with van der Waals surface area (Å²) in [6.07, 6.45) is 4.17. The van der Waals surface area contributed by atoms with E-state index < -0.39 is 0 Å². The average Bonchev–Trinajstić information content (AvgIpc) is 3.33. The molecular weight excluding hydrogens is 392 g/mol. The number of benzene rings is 1. The van der Waals surface area contributed by atoms with Gasteiger partial charge >= 0.3 is 0 Å². The molecule has 4 rings (SSSR count). The number of carbonyl (C=O) groups is 2. The van der Waals surface area contributed by atoms with Gasteiger partial charge in [-0.25, -0.2) is 4.98 Å². The third kappa shape index (κ3) is 5.15. The van der Waals surface area contributed by atoms with E-state index in [0.29, 0.717) is 32.1 Å². The monoisotopic (exact) mass is 424 g/mol. The molecule has 0 bridgehead atoms. The summed E-state index contributed by atoms with van der Waals surface area (Å²) in [7, 11) is 0. The van der Waals surface area contributed by atoms with Gasteiger partial charge in [-0.2, -0.15) is 0 Å². The van der Waals surface area contributed by atoms with Gasteiger partial charge in [0.05, 0.1) is 5.92 Å². The van der Waals surface area contributed by atoms with Crippen molar-refractivity contribution in [2.24, 2.45) is 5.92 Å². The molecule has 2 aliphatic rings. The van der Waals surface area contributed by atoms with Crippen LogP contribution in [0.15, 0.2) is 30.5 Å². The zero-order chi connectivity index (χ0) is 21.8. The number of nitrogens with one attached hydrogen (secondary N) is 1. The number of nitrogens with zero attached hydrogens (tertiary/aromatic N) is 3. The molecule has 7 heteroatoms. The molecule has 2 saturated heterocycles. The molecule has 0 radical (unpaired) electrons. The zero-order valence-corrected chi connectivity index (χ0v) is 18.5. The van der Waals surface area contributed by atoms with Crippen LogP contribution in [0.3, 0.4) is 0 Å². The minimum Gasteiger partial charge on any atom is -0.381 e. The highest BCUT2D eigenvalue weighted by atomic mass is 16.5. The summed E-state index contributed by atoms with van der Waals surface area (Å²) in [5.41, 5.74) is 3.40. The van der Waals surface area contributed by atoms with Gasteiger partial charge in [0.2, 0.25) is 11.8 Å². The van der Waals surface area contributed by atoms with Gasteiger partial charge < -0.3 is 19.5 Å². The summed E-state index contributed by atoms with van der Waals surface area (Å²) in [5, 5.41) is 3.04. The van der Waals surface area contributed by atoms with E-state index in [9.17, 15) is 9.59 Å². The maximum Gasteiger partial charge on any atom is 0.225 e. The molecule has 1 N–H and O–H groups in total. The number of rotatable bonds is 7. The Morgan fingerprint density at radius 3 is 2.68 bits per heavy atom. The Morgan fingerprint density at radius 1 is 1.19 bits per heavy atom. The maximum absolute atomic E-state index is 12.7. The smallest absolute Gasteiger partial charge is 0.225 e. The Hall–Kier alpha value is -2.67. The minimum absolute atomic E-state index is 0.0369. The van der Waals surface area contributed by atoms with Crippen molar-refractivity contribution in [3.63, 3.8) is 0 Å². The fraction of sp³-hybridized carbons (Fsp3) is 0.542. The Kier molecular flexibility index (Phi) is 6.70. The predicted octanol–water partition coefficient (Wildman–Crippen LogP) is 2.56. The number of hydrogen-bond acceptors (Lipinski definition) is 4. The third-order valence-corrected chi connectivity index (χ3v) is 6.39. The van der Waals surface area contributed by atoms with Crippen molar-refractivity contribution in [3.8, 4) is 0 Å². The molecule has 2 fully saturated rings. The number of carbonyl (C=O) groups excluding carboxylic acids is 2. The second-order valence-electron chi connectivity index (χ2n) is 8.75. The zero-order valence-electron chi connectivity index (χ0n) is 18.5. The van der Waals surface area contributed by atoms with Crippen molar-refractivity contribution in [1.29, 1.82) is 0 Å². The van der Waals surface area contributed by atoms with Crippen LogP contribution in [0.25, 0.3) is 0 Å². The van der Waals surface area contributed by atoms with Crippen LogP contribution in [0.4, 0.5) is 0 Å². The van der Waals surface area contributed by atoms with Gasteiger partial charge in [-0.15, -0.1) is 0 Å². The van der Waals surface area contributed by atoms with E-state index in [4.69, 9.17) is 4.74 Å². The van der Waals surface area contributed by atoms with E-state index in [1.807, 2.05) is 37.4 Å². The summed E-state index contributed by atoms with van der Waals surface area (Å²) >= 11 is 0. The summed E-state index contributed by atoms with van der Waals surface area (Å²) in [6.45, 7) is 7.93. The molecule has 0 saturated carbocycles. The van der Waals surface area contributed by atoms with Gasteiger partial charge in [-0.05, 0) is 32.3 Å². The van der Waals surface area contributed by atoms with Crippen LogP contribution in [0.1, 0.15) is 47.8 Å². The fourth-order valence-electron chi connectivity index (χ4n) is 4.50. The number of ether oxygens (including phenoxy) is 1. The number of amides is 2. The standard InChI is InChI=1S/C24H32N4O3/c1-17-3-5-19(6-4-17)15-27-16-21(13-22(27)29)24(30)25-9-10-28-18(2)14-26-23(28)20-7-11-31-12-8-20/h3-6,14,20-21H,7-13,15-16H2,1-2H3,(H,25,30). The van der Waals surface area contributed by atoms with Crippen molar-refractivity contribution in [2.75, 3.05) is 26.3 Å².